The van der Waals surface area contributed by atoms with Crippen LogP contribution in [-0.4, -0.2) is 36.6 Å². The molecule has 1 heterocycles. The quantitative estimate of drug-likeness (QED) is 0.749. The van der Waals surface area contributed by atoms with Crippen molar-refractivity contribution in [1.29, 1.82) is 0 Å². The van der Waals surface area contributed by atoms with E-state index in [2.05, 4.69) is 44.8 Å². The highest BCUT2D eigenvalue weighted by Gasteiger charge is 2.29. The third kappa shape index (κ3) is 3.74. The molecular formula is C14H30N2. The summed E-state index contributed by atoms with van der Waals surface area (Å²) in [7, 11) is 0. The molecule has 0 radical (unpaired) electrons. The van der Waals surface area contributed by atoms with Gasteiger partial charge in [-0.2, -0.15) is 0 Å². The van der Waals surface area contributed by atoms with Crippen LogP contribution in [0.15, 0.2) is 0 Å². The number of hydrogen-bond donors (Lipinski definition) is 1. The summed E-state index contributed by atoms with van der Waals surface area (Å²) in [5.74, 6) is 1.53. The van der Waals surface area contributed by atoms with Gasteiger partial charge in [-0.05, 0) is 37.8 Å². The molecule has 0 aliphatic carbocycles. The summed E-state index contributed by atoms with van der Waals surface area (Å²) in [5, 5.41) is 3.63. The second-order valence-electron chi connectivity index (χ2n) is 5.86. The molecule has 16 heavy (non-hydrogen) atoms. The van der Waals surface area contributed by atoms with Crippen molar-refractivity contribution in [2.45, 2.75) is 59.5 Å². The van der Waals surface area contributed by atoms with Gasteiger partial charge >= 0.3 is 0 Å². The zero-order valence-corrected chi connectivity index (χ0v) is 11.8. The summed E-state index contributed by atoms with van der Waals surface area (Å²) in [6.45, 7) is 15.2. The van der Waals surface area contributed by atoms with Crippen LogP contribution in [0.5, 0.6) is 0 Å². The van der Waals surface area contributed by atoms with E-state index in [1.807, 2.05) is 0 Å². The van der Waals surface area contributed by atoms with Crippen LogP contribution < -0.4 is 5.32 Å². The molecule has 96 valence electrons. The minimum absolute atomic E-state index is 0.657. The van der Waals surface area contributed by atoms with E-state index in [4.69, 9.17) is 0 Å². The van der Waals surface area contributed by atoms with Crippen molar-refractivity contribution in [2.75, 3.05) is 19.6 Å². The van der Waals surface area contributed by atoms with Crippen LogP contribution in [0, 0.1) is 11.8 Å². The monoisotopic (exact) mass is 226 g/mol. The lowest BCUT2D eigenvalue weighted by Crippen LogP contribution is -2.46. The standard InChI is InChI=1S/C14H30N2/c1-6-15-13(11(2)3)10-16-9-7-8-14(16)12(4)5/h11-15H,6-10H2,1-5H3. The predicted octanol–water partition coefficient (Wildman–Crippen LogP) is 2.74. The Morgan fingerprint density at radius 3 is 2.44 bits per heavy atom. The fourth-order valence-electron chi connectivity index (χ4n) is 2.86. The molecule has 0 spiro atoms. The third-order valence-electron chi connectivity index (χ3n) is 3.89. The van der Waals surface area contributed by atoms with Crippen LogP contribution in [0.4, 0.5) is 0 Å². The van der Waals surface area contributed by atoms with Gasteiger partial charge in [-0.1, -0.05) is 34.6 Å². The third-order valence-corrected chi connectivity index (χ3v) is 3.89. The van der Waals surface area contributed by atoms with Crippen molar-refractivity contribution >= 4 is 0 Å². The summed E-state index contributed by atoms with van der Waals surface area (Å²) < 4.78 is 0. The maximum absolute atomic E-state index is 3.63. The minimum Gasteiger partial charge on any atom is -0.313 e. The van der Waals surface area contributed by atoms with E-state index in [0.29, 0.717) is 6.04 Å². The van der Waals surface area contributed by atoms with Gasteiger partial charge in [0, 0.05) is 18.6 Å². The molecular weight excluding hydrogens is 196 g/mol. The van der Waals surface area contributed by atoms with E-state index in [-0.39, 0.29) is 0 Å². The smallest absolute Gasteiger partial charge is 0.0217 e. The maximum atomic E-state index is 3.63. The molecule has 0 amide bonds. The molecule has 0 bridgehead atoms. The molecule has 1 aliphatic heterocycles. The van der Waals surface area contributed by atoms with E-state index in [1.165, 1.54) is 25.9 Å². The van der Waals surface area contributed by atoms with Gasteiger partial charge in [-0.15, -0.1) is 0 Å². The largest absolute Gasteiger partial charge is 0.313 e. The molecule has 2 nitrogen and oxygen atoms in total. The Kier molecular flexibility index (Phi) is 5.77. The van der Waals surface area contributed by atoms with Crippen LogP contribution in [0.2, 0.25) is 0 Å². The van der Waals surface area contributed by atoms with Crippen LogP contribution in [0.3, 0.4) is 0 Å². The number of likely N-dealkylation sites (tertiary alicyclic amines) is 1. The lowest BCUT2D eigenvalue weighted by Gasteiger charge is -2.33. The van der Waals surface area contributed by atoms with Crippen molar-refractivity contribution in [1.82, 2.24) is 10.2 Å². The van der Waals surface area contributed by atoms with Gasteiger partial charge in [0.1, 0.15) is 0 Å². The number of nitrogens with one attached hydrogen (secondary N) is 1. The normalized spacial score (nSPS) is 24.6. The Hall–Kier alpha value is -0.0800. The fourth-order valence-corrected chi connectivity index (χ4v) is 2.86. The Labute approximate surface area is 102 Å². The summed E-state index contributed by atoms with van der Waals surface area (Å²) in [6.07, 6.45) is 2.79. The second-order valence-corrected chi connectivity index (χ2v) is 5.86. The zero-order chi connectivity index (χ0) is 12.1. The Bertz CT molecular complexity index is 189. The first kappa shape index (κ1) is 14.0. The molecule has 1 aliphatic rings. The van der Waals surface area contributed by atoms with Crippen molar-refractivity contribution in [3.05, 3.63) is 0 Å². The highest BCUT2D eigenvalue weighted by atomic mass is 15.2. The molecule has 2 heteroatoms. The molecule has 0 aromatic carbocycles. The van der Waals surface area contributed by atoms with Crippen molar-refractivity contribution in [3.63, 3.8) is 0 Å². The van der Waals surface area contributed by atoms with Gasteiger partial charge in [-0.25, -0.2) is 0 Å². The van der Waals surface area contributed by atoms with Gasteiger partial charge < -0.3 is 5.32 Å². The highest BCUT2D eigenvalue weighted by Crippen LogP contribution is 2.24. The second kappa shape index (κ2) is 6.61. The summed E-state index contributed by atoms with van der Waals surface area (Å²) >= 11 is 0. The van der Waals surface area contributed by atoms with E-state index < -0.39 is 0 Å². The lowest BCUT2D eigenvalue weighted by atomic mass is 9.99. The fraction of sp³-hybridized carbons (Fsp3) is 1.00. The Morgan fingerprint density at radius 1 is 1.25 bits per heavy atom. The first-order valence-electron chi connectivity index (χ1n) is 7.03. The van der Waals surface area contributed by atoms with Gasteiger partial charge in [0.05, 0.1) is 0 Å². The SMILES string of the molecule is CCNC(CN1CCCC1C(C)C)C(C)C. The van der Waals surface area contributed by atoms with E-state index >= 15 is 0 Å². The van der Waals surface area contributed by atoms with E-state index in [9.17, 15) is 0 Å². The molecule has 0 saturated carbocycles. The molecule has 0 aromatic heterocycles. The van der Waals surface area contributed by atoms with Crippen molar-refractivity contribution in [2.24, 2.45) is 11.8 Å². The minimum atomic E-state index is 0.657. The average molecular weight is 226 g/mol. The van der Waals surface area contributed by atoms with Gasteiger partial charge in [0.25, 0.3) is 0 Å². The molecule has 1 saturated heterocycles. The first-order chi connectivity index (χ1) is 7.56. The van der Waals surface area contributed by atoms with E-state index in [0.717, 1.165) is 24.4 Å². The zero-order valence-electron chi connectivity index (χ0n) is 11.8. The van der Waals surface area contributed by atoms with Gasteiger partial charge in [-0.3, -0.25) is 4.90 Å². The molecule has 1 fully saturated rings. The van der Waals surface area contributed by atoms with E-state index in [1.54, 1.807) is 0 Å². The highest BCUT2D eigenvalue weighted by molar-refractivity contribution is 4.85. The number of hydrogen-bond acceptors (Lipinski definition) is 2. The number of rotatable bonds is 6. The molecule has 2 atom stereocenters. The summed E-state index contributed by atoms with van der Waals surface area (Å²) in [4.78, 5) is 2.71. The van der Waals surface area contributed by atoms with Gasteiger partial charge in [0.15, 0.2) is 0 Å². The van der Waals surface area contributed by atoms with Gasteiger partial charge in [0.2, 0.25) is 0 Å². The Morgan fingerprint density at radius 2 is 1.94 bits per heavy atom. The van der Waals surface area contributed by atoms with Crippen LogP contribution in [0.1, 0.15) is 47.5 Å². The molecule has 2 unspecified atom stereocenters. The van der Waals surface area contributed by atoms with Crippen molar-refractivity contribution in [3.8, 4) is 0 Å². The number of likely N-dealkylation sites (N-methyl/N-ethyl adjacent to an activating group) is 1. The lowest BCUT2D eigenvalue weighted by molar-refractivity contribution is 0.172. The summed E-state index contributed by atoms with van der Waals surface area (Å²) in [6, 6.07) is 1.48. The van der Waals surface area contributed by atoms with Crippen molar-refractivity contribution < 1.29 is 0 Å². The topological polar surface area (TPSA) is 15.3 Å². The Balaban J connectivity index is 2.49. The summed E-state index contributed by atoms with van der Waals surface area (Å²) in [5.41, 5.74) is 0. The van der Waals surface area contributed by atoms with Crippen LogP contribution >= 0.6 is 0 Å². The molecule has 0 aromatic rings. The maximum Gasteiger partial charge on any atom is 0.0217 e. The molecule has 1 rings (SSSR count). The first-order valence-corrected chi connectivity index (χ1v) is 7.03. The predicted molar refractivity (Wildman–Crippen MR) is 71.7 cm³/mol. The van der Waals surface area contributed by atoms with Crippen LogP contribution in [0.25, 0.3) is 0 Å². The number of nitrogens with zero attached hydrogens (tertiary/aromatic N) is 1. The van der Waals surface area contributed by atoms with Crippen LogP contribution in [-0.2, 0) is 0 Å². The molecule has 1 N–H and O–H groups in total. The average Bonchev–Trinajstić information content (AvgIpc) is 2.65.